The van der Waals surface area contributed by atoms with Crippen molar-refractivity contribution in [3.05, 3.63) is 22.4 Å². The van der Waals surface area contributed by atoms with Crippen molar-refractivity contribution in [2.75, 3.05) is 6.54 Å². The molecule has 0 atom stereocenters. The summed E-state index contributed by atoms with van der Waals surface area (Å²) in [7, 11) is 0. The van der Waals surface area contributed by atoms with Crippen LogP contribution in [0.2, 0.25) is 0 Å². The lowest BCUT2D eigenvalue weighted by Crippen LogP contribution is -2.22. The average molecular weight is 185 g/mol. The van der Waals surface area contributed by atoms with Crippen molar-refractivity contribution in [2.24, 2.45) is 0 Å². The van der Waals surface area contributed by atoms with E-state index in [1.807, 2.05) is 0 Å². The maximum atomic E-state index is 5.10. The minimum absolute atomic E-state index is 0.890. The van der Waals surface area contributed by atoms with Gasteiger partial charge in [-0.25, -0.2) is 0 Å². The first-order valence-electron chi connectivity index (χ1n) is 3.62. The molecule has 1 heterocycles. The number of thiophene rings is 1. The van der Waals surface area contributed by atoms with Gasteiger partial charge in [-0.1, -0.05) is 18.3 Å². The summed E-state index contributed by atoms with van der Waals surface area (Å²) >= 11 is 6.85. The molecule has 0 aliphatic rings. The van der Waals surface area contributed by atoms with E-state index >= 15 is 0 Å². The SMILES string of the molecule is CCNC(=S)Cc1cccs1. The lowest BCUT2D eigenvalue weighted by atomic mass is 10.3. The summed E-state index contributed by atoms with van der Waals surface area (Å²) in [6.07, 6.45) is 0.890. The number of hydrogen-bond acceptors (Lipinski definition) is 2. The van der Waals surface area contributed by atoms with Crippen molar-refractivity contribution in [2.45, 2.75) is 13.3 Å². The van der Waals surface area contributed by atoms with Crippen LogP contribution in [0.4, 0.5) is 0 Å². The summed E-state index contributed by atoms with van der Waals surface area (Å²) in [5.74, 6) is 0. The van der Waals surface area contributed by atoms with E-state index in [4.69, 9.17) is 12.2 Å². The molecule has 1 aromatic rings. The fourth-order valence-electron chi connectivity index (χ4n) is 0.831. The average Bonchev–Trinajstić information content (AvgIpc) is 2.40. The predicted octanol–water partition coefficient (Wildman–Crippen LogP) is 2.23. The topological polar surface area (TPSA) is 12.0 Å². The highest BCUT2D eigenvalue weighted by atomic mass is 32.1. The first kappa shape index (κ1) is 8.68. The van der Waals surface area contributed by atoms with Crippen molar-refractivity contribution >= 4 is 28.5 Å². The van der Waals surface area contributed by atoms with Crippen LogP contribution in [-0.2, 0) is 6.42 Å². The third kappa shape index (κ3) is 2.99. The highest BCUT2D eigenvalue weighted by Crippen LogP contribution is 2.08. The second kappa shape index (κ2) is 4.46. The van der Waals surface area contributed by atoms with Crippen LogP contribution in [0.15, 0.2) is 17.5 Å². The molecule has 0 aliphatic heterocycles. The first-order chi connectivity index (χ1) is 5.33. The van der Waals surface area contributed by atoms with Crippen molar-refractivity contribution in [1.82, 2.24) is 5.32 Å². The Hall–Kier alpha value is -0.410. The van der Waals surface area contributed by atoms with Crippen molar-refractivity contribution in [1.29, 1.82) is 0 Å². The summed E-state index contributed by atoms with van der Waals surface area (Å²) in [5, 5.41) is 5.20. The maximum absolute atomic E-state index is 5.10. The van der Waals surface area contributed by atoms with Crippen molar-refractivity contribution in [3.63, 3.8) is 0 Å². The summed E-state index contributed by atoms with van der Waals surface area (Å²) in [6.45, 7) is 2.98. The highest BCUT2D eigenvalue weighted by molar-refractivity contribution is 7.80. The molecule has 0 amide bonds. The van der Waals surface area contributed by atoms with Gasteiger partial charge in [0.1, 0.15) is 0 Å². The van der Waals surface area contributed by atoms with Crippen LogP contribution >= 0.6 is 23.6 Å². The normalized spacial score (nSPS) is 9.55. The first-order valence-corrected chi connectivity index (χ1v) is 4.90. The fourth-order valence-corrected chi connectivity index (χ4v) is 1.94. The highest BCUT2D eigenvalue weighted by Gasteiger charge is 1.96. The number of likely N-dealkylation sites (N-methyl/N-ethyl adjacent to an activating group) is 1. The van der Waals surface area contributed by atoms with E-state index < -0.39 is 0 Å². The van der Waals surface area contributed by atoms with Crippen LogP contribution in [0, 0.1) is 0 Å². The standard InChI is InChI=1S/C8H11NS2/c1-2-9-8(10)6-7-4-3-5-11-7/h3-5H,2,6H2,1H3,(H,9,10). The van der Waals surface area contributed by atoms with Crippen LogP contribution < -0.4 is 5.32 Å². The minimum Gasteiger partial charge on any atom is -0.380 e. The second-order valence-electron chi connectivity index (χ2n) is 2.21. The van der Waals surface area contributed by atoms with E-state index in [0.29, 0.717) is 0 Å². The van der Waals surface area contributed by atoms with Crippen LogP contribution in [0.3, 0.4) is 0 Å². The molecule has 11 heavy (non-hydrogen) atoms. The molecule has 0 fully saturated rings. The lowest BCUT2D eigenvalue weighted by molar-refractivity contribution is 0.965. The number of thiocarbonyl (C=S) groups is 1. The van der Waals surface area contributed by atoms with E-state index in [1.165, 1.54) is 4.88 Å². The molecule has 0 saturated carbocycles. The van der Waals surface area contributed by atoms with Crippen LogP contribution in [-0.4, -0.2) is 11.5 Å². The molecule has 0 unspecified atom stereocenters. The van der Waals surface area contributed by atoms with Crippen molar-refractivity contribution in [3.8, 4) is 0 Å². The summed E-state index contributed by atoms with van der Waals surface area (Å²) in [6, 6.07) is 4.16. The Kier molecular flexibility index (Phi) is 3.52. The van der Waals surface area contributed by atoms with E-state index in [2.05, 4.69) is 29.8 Å². The summed E-state index contributed by atoms with van der Waals surface area (Å²) < 4.78 is 0. The quantitative estimate of drug-likeness (QED) is 0.725. The van der Waals surface area contributed by atoms with E-state index in [-0.39, 0.29) is 0 Å². The predicted molar refractivity (Wildman–Crippen MR) is 54.3 cm³/mol. The zero-order valence-corrected chi connectivity index (χ0v) is 8.10. The van der Waals surface area contributed by atoms with Gasteiger partial charge in [0.05, 0.1) is 4.99 Å². The largest absolute Gasteiger partial charge is 0.380 e. The Balaban J connectivity index is 2.37. The Morgan fingerprint density at radius 3 is 3.09 bits per heavy atom. The van der Waals surface area contributed by atoms with Gasteiger partial charge in [-0.3, -0.25) is 0 Å². The molecule has 1 N–H and O–H groups in total. The molecule has 1 aromatic heterocycles. The molecule has 60 valence electrons. The molecule has 0 aromatic carbocycles. The van der Waals surface area contributed by atoms with E-state index in [1.54, 1.807) is 11.3 Å². The molecule has 0 spiro atoms. The fraction of sp³-hybridized carbons (Fsp3) is 0.375. The minimum atomic E-state index is 0.890. The van der Waals surface area contributed by atoms with Gasteiger partial charge in [-0.2, -0.15) is 0 Å². The third-order valence-electron chi connectivity index (χ3n) is 1.29. The summed E-state index contributed by atoms with van der Waals surface area (Å²) in [5.41, 5.74) is 0. The Morgan fingerprint density at radius 1 is 1.73 bits per heavy atom. The molecular weight excluding hydrogens is 174 g/mol. The van der Waals surface area contributed by atoms with Crippen LogP contribution in [0.5, 0.6) is 0 Å². The van der Waals surface area contributed by atoms with Gasteiger partial charge >= 0.3 is 0 Å². The number of hydrogen-bond donors (Lipinski definition) is 1. The van der Waals surface area contributed by atoms with Gasteiger partial charge in [0, 0.05) is 17.8 Å². The Labute approximate surface area is 76.4 Å². The van der Waals surface area contributed by atoms with Gasteiger partial charge in [0.15, 0.2) is 0 Å². The van der Waals surface area contributed by atoms with Gasteiger partial charge in [0.2, 0.25) is 0 Å². The third-order valence-corrected chi connectivity index (χ3v) is 2.45. The smallest absolute Gasteiger partial charge is 0.0805 e. The Bertz CT molecular complexity index is 216. The maximum Gasteiger partial charge on any atom is 0.0805 e. The molecule has 0 bridgehead atoms. The number of rotatable bonds is 3. The molecule has 3 heteroatoms. The van der Waals surface area contributed by atoms with Crippen molar-refractivity contribution < 1.29 is 0 Å². The zero-order chi connectivity index (χ0) is 8.10. The van der Waals surface area contributed by atoms with Gasteiger partial charge in [0.25, 0.3) is 0 Å². The molecular formula is C8H11NS2. The van der Waals surface area contributed by atoms with Gasteiger partial charge in [-0.05, 0) is 18.4 Å². The monoisotopic (exact) mass is 185 g/mol. The van der Waals surface area contributed by atoms with Crippen LogP contribution in [0.1, 0.15) is 11.8 Å². The lowest BCUT2D eigenvalue weighted by Gasteiger charge is -2.01. The van der Waals surface area contributed by atoms with Gasteiger partial charge < -0.3 is 5.32 Å². The van der Waals surface area contributed by atoms with E-state index in [9.17, 15) is 0 Å². The Morgan fingerprint density at radius 2 is 2.55 bits per heavy atom. The number of nitrogens with one attached hydrogen (secondary N) is 1. The van der Waals surface area contributed by atoms with E-state index in [0.717, 1.165) is 18.0 Å². The zero-order valence-electron chi connectivity index (χ0n) is 6.46. The molecule has 0 saturated heterocycles. The van der Waals surface area contributed by atoms with Gasteiger partial charge in [-0.15, -0.1) is 11.3 Å². The summed E-state index contributed by atoms with van der Waals surface area (Å²) in [4.78, 5) is 2.27. The molecule has 0 radical (unpaired) electrons. The molecule has 1 rings (SSSR count). The van der Waals surface area contributed by atoms with Crippen LogP contribution in [0.25, 0.3) is 0 Å². The second-order valence-corrected chi connectivity index (χ2v) is 3.73. The molecule has 0 aliphatic carbocycles. The molecule has 1 nitrogen and oxygen atoms in total.